The van der Waals surface area contributed by atoms with Gasteiger partial charge in [-0.3, -0.25) is 0 Å². The second-order valence-corrected chi connectivity index (χ2v) is 6.92. The monoisotopic (exact) mass is 312 g/mol. The van der Waals surface area contributed by atoms with Crippen LogP contribution in [0.4, 0.5) is 0 Å². The Morgan fingerprint density at radius 2 is 2.14 bits per heavy atom. The van der Waals surface area contributed by atoms with Gasteiger partial charge in [0.25, 0.3) is 0 Å². The fourth-order valence-electron chi connectivity index (χ4n) is 2.64. The third-order valence-corrected chi connectivity index (χ3v) is 5.82. The molecule has 1 heterocycles. The van der Waals surface area contributed by atoms with Gasteiger partial charge in [-0.25, -0.2) is 8.42 Å². The van der Waals surface area contributed by atoms with Crippen LogP contribution in [0.1, 0.15) is 25.0 Å². The summed E-state index contributed by atoms with van der Waals surface area (Å²) in [4.78, 5) is 0.458. The molecular weight excluding hydrogens is 288 g/mol. The van der Waals surface area contributed by atoms with E-state index in [-0.39, 0.29) is 0 Å². The number of hydrogen-bond donors (Lipinski definition) is 1. The van der Waals surface area contributed by atoms with Crippen LogP contribution < -0.4 is 5.32 Å². The average Bonchev–Trinajstić information content (AvgIpc) is 2.50. The largest absolute Gasteiger partial charge is 0.380 e. The maximum Gasteiger partial charge on any atom is 0.243 e. The average molecular weight is 312 g/mol. The zero-order chi connectivity index (χ0) is 15.3. The van der Waals surface area contributed by atoms with E-state index in [1.165, 1.54) is 4.31 Å². The molecule has 1 N–H and O–H groups in total. The summed E-state index contributed by atoms with van der Waals surface area (Å²) < 4.78 is 32.6. The molecule has 0 atom stereocenters. The van der Waals surface area contributed by atoms with Crippen molar-refractivity contribution in [1.82, 2.24) is 9.62 Å². The third-order valence-electron chi connectivity index (χ3n) is 3.76. The van der Waals surface area contributed by atoms with Gasteiger partial charge in [-0.05, 0) is 37.1 Å². The van der Waals surface area contributed by atoms with Gasteiger partial charge >= 0.3 is 0 Å². The molecule has 0 spiro atoms. The first-order chi connectivity index (χ1) is 10.1. The Morgan fingerprint density at radius 3 is 2.86 bits per heavy atom. The number of fused-ring (bicyclic) bond motifs is 1. The van der Waals surface area contributed by atoms with Gasteiger partial charge in [-0.1, -0.05) is 19.1 Å². The molecule has 0 aliphatic carbocycles. The number of benzene rings is 1. The molecule has 0 unspecified atom stereocenters. The van der Waals surface area contributed by atoms with Crippen LogP contribution in [0.15, 0.2) is 23.1 Å². The first-order valence-electron chi connectivity index (χ1n) is 7.50. The topological polar surface area (TPSA) is 58.6 Å². The summed E-state index contributed by atoms with van der Waals surface area (Å²) in [5.41, 5.74) is 2.05. The Balaban J connectivity index is 2.30. The van der Waals surface area contributed by atoms with Crippen molar-refractivity contribution in [3.8, 4) is 0 Å². The number of likely N-dealkylation sites (N-methyl/N-ethyl adjacent to an activating group) is 1. The minimum absolute atomic E-state index is 0.397. The van der Waals surface area contributed by atoms with Crippen molar-refractivity contribution in [1.29, 1.82) is 0 Å². The van der Waals surface area contributed by atoms with Crippen molar-refractivity contribution >= 4 is 10.0 Å². The first-order valence-corrected chi connectivity index (χ1v) is 8.94. The normalized spacial score (nSPS) is 15.2. The van der Waals surface area contributed by atoms with Crippen LogP contribution in [0, 0.1) is 0 Å². The summed E-state index contributed by atoms with van der Waals surface area (Å²) in [7, 11) is -3.45. The highest BCUT2D eigenvalue weighted by molar-refractivity contribution is 7.89. The van der Waals surface area contributed by atoms with E-state index >= 15 is 0 Å². The van der Waals surface area contributed by atoms with Crippen LogP contribution >= 0.6 is 0 Å². The van der Waals surface area contributed by atoms with Gasteiger partial charge in [0, 0.05) is 26.2 Å². The van der Waals surface area contributed by atoms with Crippen molar-refractivity contribution in [3.63, 3.8) is 0 Å². The Kier molecular flexibility index (Phi) is 5.75. The molecule has 1 aromatic carbocycles. The quantitative estimate of drug-likeness (QED) is 0.773. The summed E-state index contributed by atoms with van der Waals surface area (Å²) in [6, 6.07) is 5.55. The van der Waals surface area contributed by atoms with Crippen molar-refractivity contribution < 1.29 is 13.2 Å². The molecule has 1 aromatic rings. The highest BCUT2D eigenvalue weighted by atomic mass is 32.2. The molecule has 0 aromatic heterocycles. The van der Waals surface area contributed by atoms with E-state index in [1.807, 2.05) is 26.0 Å². The number of rotatable bonds is 7. The molecule has 5 nitrogen and oxygen atoms in total. The summed E-state index contributed by atoms with van der Waals surface area (Å²) in [6.45, 7) is 7.22. The molecule has 0 saturated carbocycles. The van der Waals surface area contributed by atoms with Crippen LogP contribution in [-0.4, -0.2) is 45.6 Å². The van der Waals surface area contributed by atoms with Gasteiger partial charge in [-0.15, -0.1) is 0 Å². The zero-order valence-electron chi connectivity index (χ0n) is 12.8. The van der Waals surface area contributed by atoms with Crippen molar-refractivity contribution in [2.75, 3.05) is 32.8 Å². The maximum absolute atomic E-state index is 12.9. The second-order valence-electron chi connectivity index (χ2n) is 5.01. The van der Waals surface area contributed by atoms with Gasteiger partial charge in [0.15, 0.2) is 0 Å². The predicted octanol–water partition coefficient (Wildman–Crippen LogP) is 1.38. The zero-order valence-corrected chi connectivity index (χ0v) is 13.6. The van der Waals surface area contributed by atoms with Gasteiger partial charge < -0.3 is 10.1 Å². The van der Waals surface area contributed by atoms with E-state index in [0.717, 1.165) is 30.6 Å². The smallest absolute Gasteiger partial charge is 0.243 e. The van der Waals surface area contributed by atoms with Gasteiger partial charge in [0.1, 0.15) is 0 Å². The lowest BCUT2D eigenvalue weighted by atomic mass is 10.0. The summed E-state index contributed by atoms with van der Waals surface area (Å²) in [5, 5.41) is 3.28. The second kappa shape index (κ2) is 7.35. The van der Waals surface area contributed by atoms with E-state index in [1.54, 1.807) is 6.07 Å². The van der Waals surface area contributed by atoms with E-state index in [0.29, 0.717) is 31.2 Å². The Bertz CT molecular complexity index is 572. The minimum Gasteiger partial charge on any atom is -0.380 e. The van der Waals surface area contributed by atoms with Crippen LogP contribution in [-0.2, 0) is 27.7 Å². The van der Waals surface area contributed by atoms with Gasteiger partial charge in [0.2, 0.25) is 10.0 Å². The Morgan fingerprint density at radius 1 is 1.33 bits per heavy atom. The van der Waals surface area contributed by atoms with Crippen molar-refractivity contribution in [2.45, 2.75) is 31.7 Å². The number of ether oxygens (including phenoxy) is 1. The molecule has 0 amide bonds. The van der Waals surface area contributed by atoms with Crippen molar-refractivity contribution in [3.05, 3.63) is 29.3 Å². The van der Waals surface area contributed by atoms with Crippen LogP contribution in [0.2, 0.25) is 0 Å². The standard InChI is InChI=1S/C15H24N2O3S/c1-3-17(10-11-20-4-2)21(18,19)15-7-5-6-13-12-16-9-8-14(13)15/h5-7,16H,3-4,8-12H2,1-2H3. The molecule has 21 heavy (non-hydrogen) atoms. The summed E-state index contributed by atoms with van der Waals surface area (Å²) >= 11 is 0. The number of nitrogens with one attached hydrogen (secondary N) is 1. The Labute approximate surface area is 127 Å². The van der Waals surface area contributed by atoms with Crippen molar-refractivity contribution in [2.24, 2.45) is 0 Å². The Hall–Kier alpha value is -0.950. The predicted molar refractivity (Wildman–Crippen MR) is 82.8 cm³/mol. The third kappa shape index (κ3) is 3.63. The molecule has 1 aliphatic heterocycles. The molecule has 0 fully saturated rings. The van der Waals surface area contributed by atoms with E-state index < -0.39 is 10.0 Å². The number of nitrogens with zero attached hydrogens (tertiary/aromatic N) is 1. The van der Waals surface area contributed by atoms with Gasteiger partial charge in [-0.2, -0.15) is 4.31 Å². The molecule has 1 aliphatic rings. The molecule has 0 bridgehead atoms. The van der Waals surface area contributed by atoms with Gasteiger partial charge in [0.05, 0.1) is 11.5 Å². The lowest BCUT2D eigenvalue weighted by Crippen LogP contribution is -2.35. The van der Waals surface area contributed by atoms with E-state index in [2.05, 4.69) is 5.32 Å². The highest BCUT2D eigenvalue weighted by Crippen LogP contribution is 2.25. The molecular formula is C15H24N2O3S. The van der Waals surface area contributed by atoms with Crippen LogP contribution in [0.3, 0.4) is 0 Å². The SMILES string of the molecule is CCOCCN(CC)S(=O)(=O)c1cccc2c1CCNC2. The minimum atomic E-state index is -3.45. The van der Waals surface area contributed by atoms with Crippen LogP contribution in [0.5, 0.6) is 0 Å². The molecule has 6 heteroatoms. The number of sulfonamides is 1. The lowest BCUT2D eigenvalue weighted by Gasteiger charge is -2.25. The fraction of sp³-hybridized carbons (Fsp3) is 0.600. The van der Waals surface area contributed by atoms with Crippen LogP contribution in [0.25, 0.3) is 0 Å². The highest BCUT2D eigenvalue weighted by Gasteiger charge is 2.27. The van der Waals surface area contributed by atoms with E-state index in [9.17, 15) is 8.42 Å². The number of hydrogen-bond acceptors (Lipinski definition) is 4. The lowest BCUT2D eigenvalue weighted by molar-refractivity contribution is 0.135. The van der Waals surface area contributed by atoms with E-state index in [4.69, 9.17) is 4.74 Å². The summed E-state index contributed by atoms with van der Waals surface area (Å²) in [5.74, 6) is 0. The molecule has 118 valence electrons. The molecule has 2 rings (SSSR count). The fourth-order valence-corrected chi connectivity index (χ4v) is 4.36. The maximum atomic E-state index is 12.9. The molecule has 0 radical (unpaired) electrons. The first kappa shape index (κ1) is 16.4. The molecule has 0 saturated heterocycles. The summed E-state index contributed by atoms with van der Waals surface area (Å²) in [6.07, 6.45) is 0.758.